The molecule has 0 aliphatic rings. The first-order valence-electron chi connectivity index (χ1n) is 9.66. The maximum absolute atomic E-state index is 13.0. The zero-order chi connectivity index (χ0) is 22.9. The second-order valence-corrected chi connectivity index (χ2v) is 7.98. The average molecular weight is 460 g/mol. The fourth-order valence-electron chi connectivity index (χ4n) is 3.15. The van der Waals surface area contributed by atoms with Gasteiger partial charge in [-0.25, -0.2) is 4.39 Å². The first-order valence-corrected chi connectivity index (χ1v) is 10.5. The van der Waals surface area contributed by atoms with E-state index >= 15 is 0 Å². The van der Waals surface area contributed by atoms with Crippen molar-refractivity contribution in [3.63, 3.8) is 0 Å². The molecule has 0 spiro atoms. The van der Waals surface area contributed by atoms with Crippen LogP contribution in [0.4, 0.5) is 10.1 Å². The number of nitrogens with zero attached hydrogens (tertiary/aromatic N) is 4. The Kier molecular flexibility index (Phi) is 5.11. The van der Waals surface area contributed by atoms with Crippen LogP contribution in [0.1, 0.15) is 17.1 Å². The number of rotatable bonds is 5. The third kappa shape index (κ3) is 4.19. The summed E-state index contributed by atoms with van der Waals surface area (Å²) < 4.78 is 20.4. The molecule has 0 aliphatic heterocycles. The van der Waals surface area contributed by atoms with Gasteiger partial charge in [-0.3, -0.25) is 14.9 Å². The first kappa shape index (κ1) is 20.5. The summed E-state index contributed by atoms with van der Waals surface area (Å²) in [6, 6.07) is 15.4. The molecule has 0 radical (unpaired) electrons. The summed E-state index contributed by atoms with van der Waals surface area (Å²) >= 11 is 1.16. The summed E-state index contributed by atoms with van der Waals surface area (Å²) in [6.07, 6.45) is 4.96. The number of fused-ring (bicyclic) bond motifs is 1. The maximum Gasteiger partial charge on any atom is 0.291 e. The van der Waals surface area contributed by atoms with Gasteiger partial charge in [0.1, 0.15) is 21.9 Å². The van der Waals surface area contributed by atoms with Crippen LogP contribution >= 0.6 is 11.3 Å². The van der Waals surface area contributed by atoms with Crippen molar-refractivity contribution in [2.24, 2.45) is 0 Å². The van der Waals surface area contributed by atoms with Crippen LogP contribution in [-0.4, -0.2) is 19.5 Å². The Bertz CT molecular complexity index is 1630. The van der Waals surface area contributed by atoms with Crippen molar-refractivity contribution in [2.45, 2.75) is 0 Å². The molecule has 8 nitrogen and oxygen atoms in total. The third-order valence-electron chi connectivity index (χ3n) is 4.73. The van der Waals surface area contributed by atoms with Gasteiger partial charge in [0, 0.05) is 23.8 Å². The minimum atomic E-state index is -0.472. The van der Waals surface area contributed by atoms with Crippen molar-refractivity contribution in [3.05, 3.63) is 109 Å². The molecule has 5 aromatic rings. The summed E-state index contributed by atoms with van der Waals surface area (Å²) in [6.45, 7) is 0. The number of hydrogen-bond acceptors (Lipinski definition) is 7. The van der Waals surface area contributed by atoms with Crippen molar-refractivity contribution in [3.8, 4) is 11.3 Å². The molecule has 0 N–H and O–H groups in total. The lowest BCUT2D eigenvalue weighted by atomic mass is 10.1. The minimum Gasteiger partial charge on any atom is -0.457 e. The molecule has 0 saturated carbocycles. The Morgan fingerprint density at radius 2 is 1.91 bits per heavy atom. The molecule has 10 heteroatoms. The van der Waals surface area contributed by atoms with Gasteiger partial charge < -0.3 is 4.42 Å². The van der Waals surface area contributed by atoms with E-state index in [1.54, 1.807) is 54.6 Å². The van der Waals surface area contributed by atoms with E-state index in [0.717, 1.165) is 16.9 Å². The van der Waals surface area contributed by atoms with Crippen LogP contribution in [-0.2, 0) is 0 Å². The van der Waals surface area contributed by atoms with E-state index in [9.17, 15) is 19.3 Å². The molecule has 33 heavy (non-hydrogen) atoms. The van der Waals surface area contributed by atoms with Gasteiger partial charge in [-0.05, 0) is 35.9 Å². The molecular weight excluding hydrogens is 447 g/mol. The number of benzene rings is 2. The number of halogens is 1. The highest BCUT2D eigenvalue weighted by atomic mass is 32.1. The molecule has 5 rings (SSSR count). The molecular formula is C23H13FN4O4S. The van der Waals surface area contributed by atoms with Crippen LogP contribution < -0.4 is 10.1 Å². The molecule has 0 bridgehead atoms. The highest BCUT2D eigenvalue weighted by Gasteiger charge is 2.12. The van der Waals surface area contributed by atoms with E-state index in [-0.39, 0.29) is 17.1 Å². The van der Waals surface area contributed by atoms with E-state index in [2.05, 4.69) is 10.1 Å². The highest BCUT2D eigenvalue weighted by Crippen LogP contribution is 2.26. The van der Waals surface area contributed by atoms with E-state index in [1.807, 2.05) is 0 Å². The first-order chi connectivity index (χ1) is 16.0. The standard InChI is InChI=1S/C23H13FN4O4S/c24-16-7-4-14(5-8-16)6-11-21-25-23-27(26-21)22(29)20(33-23)13-18-9-10-19(32-18)15-2-1-3-17(12-15)28(30)31/h1-13H/b11-6+,20-13-. The molecule has 2 aromatic carbocycles. The van der Waals surface area contributed by atoms with Crippen molar-refractivity contribution in [2.75, 3.05) is 0 Å². The van der Waals surface area contributed by atoms with Crippen LogP contribution in [0.25, 0.3) is 34.5 Å². The summed E-state index contributed by atoms with van der Waals surface area (Å²) in [7, 11) is 0. The molecule has 0 aliphatic carbocycles. The van der Waals surface area contributed by atoms with Crippen molar-refractivity contribution in [1.82, 2.24) is 14.6 Å². The van der Waals surface area contributed by atoms with Crippen LogP contribution in [0.3, 0.4) is 0 Å². The number of non-ortho nitro benzene ring substituents is 1. The minimum absolute atomic E-state index is 0.0360. The third-order valence-corrected chi connectivity index (χ3v) is 5.69. The molecule has 0 unspecified atom stereocenters. The lowest BCUT2D eigenvalue weighted by Crippen LogP contribution is -2.23. The van der Waals surface area contributed by atoms with Crippen LogP contribution in [0.2, 0.25) is 0 Å². The second-order valence-electron chi connectivity index (χ2n) is 6.97. The Hall–Kier alpha value is -4.44. The average Bonchev–Trinajstić information content (AvgIpc) is 3.51. The lowest BCUT2D eigenvalue weighted by molar-refractivity contribution is -0.384. The van der Waals surface area contributed by atoms with E-state index in [1.165, 1.54) is 28.8 Å². The van der Waals surface area contributed by atoms with Gasteiger partial charge in [-0.1, -0.05) is 41.7 Å². The van der Waals surface area contributed by atoms with Gasteiger partial charge in [0.15, 0.2) is 5.82 Å². The van der Waals surface area contributed by atoms with Gasteiger partial charge in [0.25, 0.3) is 11.2 Å². The summed E-state index contributed by atoms with van der Waals surface area (Å²) in [5, 5.41) is 15.2. The van der Waals surface area contributed by atoms with E-state index in [0.29, 0.717) is 32.4 Å². The lowest BCUT2D eigenvalue weighted by Gasteiger charge is -1.96. The molecule has 0 atom stereocenters. The zero-order valence-electron chi connectivity index (χ0n) is 16.7. The van der Waals surface area contributed by atoms with Gasteiger partial charge in [-0.15, -0.1) is 5.10 Å². The van der Waals surface area contributed by atoms with Crippen LogP contribution in [0.15, 0.2) is 69.9 Å². The molecule has 0 saturated heterocycles. The number of nitro benzene ring substituents is 1. The van der Waals surface area contributed by atoms with Gasteiger partial charge in [-0.2, -0.15) is 9.50 Å². The zero-order valence-corrected chi connectivity index (χ0v) is 17.5. The summed E-state index contributed by atoms with van der Waals surface area (Å²) in [5.41, 5.74) is 0.970. The number of hydrogen-bond donors (Lipinski definition) is 0. The van der Waals surface area contributed by atoms with Crippen molar-refractivity contribution in [1.29, 1.82) is 0 Å². The van der Waals surface area contributed by atoms with Gasteiger partial charge in [0.2, 0.25) is 4.96 Å². The van der Waals surface area contributed by atoms with E-state index < -0.39 is 4.92 Å². The van der Waals surface area contributed by atoms with Crippen molar-refractivity contribution < 1.29 is 13.7 Å². The predicted molar refractivity (Wildman–Crippen MR) is 122 cm³/mol. The van der Waals surface area contributed by atoms with E-state index in [4.69, 9.17) is 4.42 Å². The molecule has 3 heterocycles. The predicted octanol–water partition coefficient (Wildman–Crippen LogP) is 4.18. The Labute approximate surface area is 188 Å². The normalized spacial score (nSPS) is 12.2. The molecule has 3 aromatic heterocycles. The van der Waals surface area contributed by atoms with Crippen LogP contribution in [0.5, 0.6) is 0 Å². The monoisotopic (exact) mass is 460 g/mol. The second kappa shape index (κ2) is 8.24. The number of thiazole rings is 1. The SMILES string of the molecule is O=c1/c(=C/c2ccc(-c3cccc([N+](=O)[O-])c3)o2)sc2nc(/C=C/c3ccc(F)cc3)nn12. The summed E-state index contributed by atoms with van der Waals surface area (Å²) in [4.78, 5) is 28.0. The Balaban J connectivity index is 1.42. The quantitative estimate of drug-likeness (QED) is 0.288. The molecule has 0 amide bonds. The summed E-state index contributed by atoms with van der Waals surface area (Å²) in [5.74, 6) is 0.918. The maximum atomic E-state index is 13.0. The molecule has 0 fully saturated rings. The fraction of sp³-hybridized carbons (Fsp3) is 0. The topological polar surface area (TPSA) is 104 Å². The van der Waals surface area contributed by atoms with Gasteiger partial charge >= 0.3 is 0 Å². The molecule has 162 valence electrons. The Morgan fingerprint density at radius 1 is 1.09 bits per heavy atom. The smallest absolute Gasteiger partial charge is 0.291 e. The fourth-order valence-corrected chi connectivity index (χ4v) is 4.05. The van der Waals surface area contributed by atoms with Crippen molar-refractivity contribution >= 4 is 40.2 Å². The Morgan fingerprint density at radius 3 is 2.67 bits per heavy atom. The largest absolute Gasteiger partial charge is 0.457 e. The number of furan rings is 1. The van der Waals surface area contributed by atoms with Gasteiger partial charge in [0.05, 0.1) is 4.92 Å². The van der Waals surface area contributed by atoms with Crippen LogP contribution in [0, 0.1) is 15.9 Å². The number of nitro groups is 1. The highest BCUT2D eigenvalue weighted by molar-refractivity contribution is 7.15. The number of aromatic nitrogens is 3.